The molecule has 70 valence electrons. The Morgan fingerprint density at radius 3 is 3.00 bits per heavy atom. The molecule has 0 amide bonds. The highest BCUT2D eigenvalue weighted by Gasteiger charge is 2.16. The molecule has 1 fully saturated rings. The molecule has 1 N–H and O–H groups in total. The lowest BCUT2D eigenvalue weighted by atomic mass is 10.3. The van der Waals surface area contributed by atoms with Crippen LogP contribution >= 0.6 is 23.4 Å². The Labute approximate surface area is 86.3 Å². The van der Waals surface area contributed by atoms with Crippen molar-refractivity contribution in [3.8, 4) is 0 Å². The number of hydrogen-bond donors (Lipinski definition) is 1. The number of halogens is 1. The Balaban J connectivity index is 2.04. The zero-order chi connectivity index (χ0) is 9.10. The van der Waals surface area contributed by atoms with Crippen LogP contribution in [-0.2, 0) is 0 Å². The van der Waals surface area contributed by atoms with Crippen molar-refractivity contribution < 1.29 is 0 Å². The predicted molar refractivity (Wildman–Crippen MR) is 56.4 cm³/mol. The van der Waals surface area contributed by atoms with E-state index in [0.717, 1.165) is 5.75 Å². The van der Waals surface area contributed by atoms with Crippen LogP contribution in [0.25, 0.3) is 0 Å². The van der Waals surface area contributed by atoms with E-state index < -0.39 is 0 Å². The van der Waals surface area contributed by atoms with Crippen LogP contribution in [0.5, 0.6) is 0 Å². The molecule has 0 bridgehead atoms. The largest absolute Gasteiger partial charge is 0.364 e. The molecule has 2 rings (SSSR count). The summed E-state index contributed by atoms with van der Waals surface area (Å²) < 4.78 is 0. The average Bonchev–Trinajstić information content (AvgIpc) is 2.61. The third-order valence-electron chi connectivity index (χ3n) is 1.92. The summed E-state index contributed by atoms with van der Waals surface area (Å²) >= 11 is 7.81. The fourth-order valence-electron chi connectivity index (χ4n) is 1.26. The third kappa shape index (κ3) is 2.25. The summed E-state index contributed by atoms with van der Waals surface area (Å²) in [6, 6.07) is 0.499. The Kier molecular flexibility index (Phi) is 2.90. The van der Waals surface area contributed by atoms with Gasteiger partial charge in [0.2, 0.25) is 0 Å². The monoisotopic (exact) mass is 215 g/mol. The molecule has 2 heterocycles. The normalized spacial score (nSPS) is 21.8. The summed E-state index contributed by atoms with van der Waals surface area (Å²) in [5.41, 5.74) is 0. The Bertz CT molecular complexity index is 288. The summed E-state index contributed by atoms with van der Waals surface area (Å²) in [7, 11) is 0. The molecule has 1 atom stereocenters. The maximum Gasteiger partial charge on any atom is 0.171 e. The second kappa shape index (κ2) is 4.15. The zero-order valence-corrected chi connectivity index (χ0v) is 8.61. The highest BCUT2D eigenvalue weighted by atomic mass is 35.5. The molecule has 0 radical (unpaired) electrons. The Morgan fingerprint density at radius 2 is 2.31 bits per heavy atom. The molecule has 1 aromatic heterocycles. The van der Waals surface area contributed by atoms with Crippen molar-refractivity contribution >= 4 is 29.2 Å². The van der Waals surface area contributed by atoms with Crippen molar-refractivity contribution in [2.24, 2.45) is 0 Å². The molecule has 0 spiro atoms. The van der Waals surface area contributed by atoms with Crippen LogP contribution in [0.15, 0.2) is 12.4 Å². The highest BCUT2D eigenvalue weighted by Crippen LogP contribution is 2.22. The van der Waals surface area contributed by atoms with Gasteiger partial charge in [-0.1, -0.05) is 11.6 Å². The van der Waals surface area contributed by atoms with Crippen LogP contribution in [0.2, 0.25) is 5.15 Å². The van der Waals surface area contributed by atoms with E-state index in [1.807, 2.05) is 11.8 Å². The van der Waals surface area contributed by atoms with E-state index in [1.54, 1.807) is 12.4 Å². The van der Waals surface area contributed by atoms with Crippen LogP contribution in [0.3, 0.4) is 0 Å². The Hall–Kier alpha value is -0.480. The number of rotatable bonds is 2. The molecule has 1 unspecified atom stereocenters. The molecule has 3 nitrogen and oxygen atoms in total. The van der Waals surface area contributed by atoms with E-state index in [0.29, 0.717) is 17.0 Å². The van der Waals surface area contributed by atoms with Gasteiger partial charge in [0.25, 0.3) is 0 Å². The van der Waals surface area contributed by atoms with Crippen LogP contribution in [-0.4, -0.2) is 27.5 Å². The number of nitrogens with one attached hydrogen (secondary N) is 1. The van der Waals surface area contributed by atoms with Crippen molar-refractivity contribution in [1.82, 2.24) is 9.97 Å². The minimum Gasteiger partial charge on any atom is -0.364 e. The summed E-state index contributed by atoms with van der Waals surface area (Å²) in [6.45, 7) is 0. The predicted octanol–water partition coefficient (Wildman–Crippen LogP) is 2.05. The number of thioether (sulfide) groups is 1. The van der Waals surface area contributed by atoms with Gasteiger partial charge in [-0.2, -0.15) is 11.8 Å². The van der Waals surface area contributed by atoms with Crippen molar-refractivity contribution in [1.29, 1.82) is 0 Å². The summed E-state index contributed by atoms with van der Waals surface area (Å²) in [5, 5.41) is 3.74. The highest BCUT2D eigenvalue weighted by molar-refractivity contribution is 7.99. The number of anilines is 1. The van der Waals surface area contributed by atoms with Gasteiger partial charge in [-0.15, -0.1) is 0 Å². The summed E-state index contributed by atoms with van der Waals surface area (Å²) in [4.78, 5) is 8.08. The molecule has 1 aromatic rings. The quantitative estimate of drug-likeness (QED) is 0.820. The van der Waals surface area contributed by atoms with Crippen molar-refractivity contribution in [2.45, 2.75) is 12.5 Å². The standard InChI is InChI=1S/C8H10ClN3S/c9-7-8(11-3-2-10-7)12-6-1-4-13-5-6/h2-3,6H,1,4-5H2,(H,11,12). The summed E-state index contributed by atoms with van der Waals surface area (Å²) in [6.07, 6.45) is 4.42. The molecular formula is C8H10ClN3S. The molecule has 1 aliphatic heterocycles. The second-order valence-electron chi connectivity index (χ2n) is 2.90. The molecule has 1 saturated heterocycles. The van der Waals surface area contributed by atoms with Crippen LogP contribution in [0, 0.1) is 0 Å². The lowest BCUT2D eigenvalue weighted by Crippen LogP contribution is -2.19. The summed E-state index contributed by atoms with van der Waals surface area (Å²) in [5.74, 6) is 3.05. The Morgan fingerprint density at radius 1 is 1.46 bits per heavy atom. The number of nitrogens with zero attached hydrogens (tertiary/aromatic N) is 2. The van der Waals surface area contributed by atoms with Gasteiger partial charge in [0.15, 0.2) is 11.0 Å². The fraction of sp³-hybridized carbons (Fsp3) is 0.500. The first-order valence-electron chi connectivity index (χ1n) is 4.17. The van der Waals surface area contributed by atoms with E-state index in [9.17, 15) is 0 Å². The van der Waals surface area contributed by atoms with Gasteiger partial charge in [0.1, 0.15) is 0 Å². The van der Waals surface area contributed by atoms with Crippen LogP contribution in [0.4, 0.5) is 5.82 Å². The molecule has 0 saturated carbocycles. The first-order valence-corrected chi connectivity index (χ1v) is 5.70. The molecule has 13 heavy (non-hydrogen) atoms. The van der Waals surface area contributed by atoms with E-state index in [2.05, 4.69) is 15.3 Å². The smallest absolute Gasteiger partial charge is 0.171 e. The van der Waals surface area contributed by atoms with Crippen molar-refractivity contribution in [3.63, 3.8) is 0 Å². The van der Waals surface area contributed by atoms with Gasteiger partial charge in [-0.05, 0) is 12.2 Å². The first kappa shape index (κ1) is 9.09. The van der Waals surface area contributed by atoms with Gasteiger partial charge < -0.3 is 5.32 Å². The molecule has 0 aliphatic carbocycles. The van der Waals surface area contributed by atoms with E-state index >= 15 is 0 Å². The van der Waals surface area contributed by atoms with Gasteiger partial charge in [0.05, 0.1) is 0 Å². The van der Waals surface area contributed by atoms with Gasteiger partial charge in [0, 0.05) is 24.2 Å². The van der Waals surface area contributed by atoms with E-state index in [-0.39, 0.29) is 0 Å². The lowest BCUT2D eigenvalue weighted by Gasteiger charge is -2.11. The first-order chi connectivity index (χ1) is 6.36. The minimum atomic E-state index is 0.458. The molecule has 1 aliphatic rings. The zero-order valence-electron chi connectivity index (χ0n) is 7.03. The number of hydrogen-bond acceptors (Lipinski definition) is 4. The minimum absolute atomic E-state index is 0.458. The van der Waals surface area contributed by atoms with Gasteiger partial charge >= 0.3 is 0 Å². The van der Waals surface area contributed by atoms with Gasteiger partial charge in [-0.3, -0.25) is 0 Å². The van der Waals surface area contributed by atoms with Crippen molar-refractivity contribution in [3.05, 3.63) is 17.5 Å². The lowest BCUT2D eigenvalue weighted by molar-refractivity contribution is 0.805. The topological polar surface area (TPSA) is 37.8 Å². The number of aromatic nitrogens is 2. The molecule has 0 aromatic carbocycles. The van der Waals surface area contributed by atoms with E-state index in [4.69, 9.17) is 11.6 Å². The fourth-order valence-corrected chi connectivity index (χ4v) is 2.57. The molecular weight excluding hydrogens is 206 g/mol. The second-order valence-corrected chi connectivity index (χ2v) is 4.41. The average molecular weight is 216 g/mol. The van der Waals surface area contributed by atoms with Crippen LogP contribution < -0.4 is 5.32 Å². The van der Waals surface area contributed by atoms with Crippen LogP contribution in [0.1, 0.15) is 6.42 Å². The van der Waals surface area contributed by atoms with Crippen molar-refractivity contribution in [2.75, 3.05) is 16.8 Å². The van der Waals surface area contributed by atoms with E-state index in [1.165, 1.54) is 12.2 Å². The maximum atomic E-state index is 5.86. The third-order valence-corrected chi connectivity index (χ3v) is 3.36. The molecule has 5 heteroatoms. The maximum absolute atomic E-state index is 5.86. The van der Waals surface area contributed by atoms with Gasteiger partial charge in [-0.25, -0.2) is 9.97 Å². The SMILES string of the molecule is Clc1nccnc1NC1CCSC1.